The van der Waals surface area contributed by atoms with Crippen LogP contribution in [-0.2, 0) is 4.74 Å². The first kappa shape index (κ1) is 18.7. The van der Waals surface area contributed by atoms with Crippen molar-refractivity contribution in [3.63, 3.8) is 0 Å². The van der Waals surface area contributed by atoms with E-state index in [1.807, 2.05) is 12.1 Å². The maximum absolute atomic E-state index is 6.23. The van der Waals surface area contributed by atoms with Crippen LogP contribution in [0, 0.1) is 5.92 Å². The highest BCUT2D eigenvalue weighted by Gasteiger charge is 2.14. The molecule has 0 radical (unpaired) electrons. The lowest BCUT2D eigenvalue weighted by atomic mass is 10.0. The van der Waals surface area contributed by atoms with Gasteiger partial charge in [-0.2, -0.15) is 0 Å². The van der Waals surface area contributed by atoms with Crippen LogP contribution >= 0.6 is 0 Å². The van der Waals surface area contributed by atoms with Gasteiger partial charge in [0.25, 0.3) is 0 Å². The molecule has 0 aliphatic heterocycles. The maximum atomic E-state index is 6.23. The molecule has 0 saturated carbocycles. The van der Waals surface area contributed by atoms with Crippen LogP contribution in [0.1, 0.15) is 50.3 Å². The van der Waals surface area contributed by atoms with Crippen molar-refractivity contribution in [3.8, 4) is 0 Å². The molecule has 130 valence electrons. The lowest BCUT2D eigenvalue weighted by Gasteiger charge is -2.20. The number of rotatable bonds is 11. The molecule has 0 fully saturated rings. The van der Waals surface area contributed by atoms with Gasteiger partial charge in [0.1, 0.15) is 6.10 Å². The first-order chi connectivity index (χ1) is 11.8. The first-order valence-electron chi connectivity index (χ1n) is 9.27. The van der Waals surface area contributed by atoms with Crippen molar-refractivity contribution in [2.75, 3.05) is 19.7 Å². The van der Waals surface area contributed by atoms with Crippen LogP contribution in [0.3, 0.4) is 0 Å². The summed E-state index contributed by atoms with van der Waals surface area (Å²) in [6.45, 7) is 7.25. The Morgan fingerprint density at radius 1 is 0.875 bits per heavy atom. The quantitative estimate of drug-likeness (QED) is 0.573. The highest BCUT2D eigenvalue weighted by molar-refractivity contribution is 5.29. The molecule has 24 heavy (non-hydrogen) atoms. The topological polar surface area (TPSA) is 21.3 Å². The molecular formula is C22H31NO. The average molecular weight is 325 g/mol. The molecule has 0 amide bonds. The fourth-order valence-electron chi connectivity index (χ4n) is 3.05. The Hall–Kier alpha value is -1.64. The van der Waals surface area contributed by atoms with E-state index in [-0.39, 0.29) is 6.10 Å². The average Bonchev–Trinajstić information content (AvgIpc) is 2.65. The van der Waals surface area contributed by atoms with E-state index in [2.05, 4.69) is 67.7 Å². The molecule has 0 aromatic heterocycles. The lowest BCUT2D eigenvalue weighted by Crippen LogP contribution is -2.26. The normalized spacial score (nSPS) is 12.5. The summed E-state index contributed by atoms with van der Waals surface area (Å²) in [6, 6.07) is 20.9. The molecule has 2 aromatic carbocycles. The van der Waals surface area contributed by atoms with Crippen molar-refractivity contribution >= 4 is 0 Å². The molecule has 0 bridgehead atoms. The van der Waals surface area contributed by atoms with Crippen LogP contribution in [0.2, 0.25) is 0 Å². The fourth-order valence-corrected chi connectivity index (χ4v) is 3.05. The van der Waals surface area contributed by atoms with E-state index in [1.54, 1.807) is 0 Å². The first-order valence-corrected chi connectivity index (χ1v) is 9.27. The van der Waals surface area contributed by atoms with Crippen LogP contribution in [0.5, 0.6) is 0 Å². The van der Waals surface area contributed by atoms with E-state index < -0.39 is 0 Å². The Balaban J connectivity index is 1.86. The number of ether oxygens (including phenoxy) is 1. The molecule has 0 saturated heterocycles. The highest BCUT2D eigenvalue weighted by Crippen LogP contribution is 2.25. The van der Waals surface area contributed by atoms with Crippen LogP contribution < -0.4 is 5.32 Å². The monoisotopic (exact) mass is 325 g/mol. The summed E-state index contributed by atoms with van der Waals surface area (Å²) in [5.74, 6) is 0.786. The Bertz CT molecular complexity index is 501. The van der Waals surface area contributed by atoms with Gasteiger partial charge in [0, 0.05) is 6.54 Å². The molecule has 1 unspecified atom stereocenters. The predicted molar refractivity (Wildman–Crippen MR) is 102 cm³/mol. The van der Waals surface area contributed by atoms with Crippen molar-refractivity contribution in [1.82, 2.24) is 5.32 Å². The molecule has 2 aromatic rings. The number of nitrogens with one attached hydrogen (secondary N) is 1. The summed E-state index contributed by atoms with van der Waals surface area (Å²) in [7, 11) is 0. The van der Waals surface area contributed by atoms with Crippen molar-refractivity contribution in [2.45, 2.75) is 39.2 Å². The molecule has 2 nitrogen and oxygen atoms in total. The van der Waals surface area contributed by atoms with Crippen molar-refractivity contribution in [1.29, 1.82) is 0 Å². The Labute approximate surface area is 147 Å². The van der Waals surface area contributed by atoms with E-state index in [1.165, 1.54) is 30.4 Å². The van der Waals surface area contributed by atoms with Crippen LogP contribution in [0.25, 0.3) is 0 Å². The molecule has 1 atom stereocenters. The fraction of sp³-hybridized carbons (Fsp3) is 0.455. The molecule has 1 N–H and O–H groups in total. The van der Waals surface area contributed by atoms with Gasteiger partial charge in [-0.3, -0.25) is 0 Å². The lowest BCUT2D eigenvalue weighted by molar-refractivity contribution is 0.0815. The number of hydrogen-bond donors (Lipinski definition) is 1. The zero-order valence-corrected chi connectivity index (χ0v) is 15.1. The summed E-state index contributed by atoms with van der Waals surface area (Å²) >= 11 is 0. The van der Waals surface area contributed by atoms with Crippen molar-refractivity contribution in [2.24, 2.45) is 5.92 Å². The highest BCUT2D eigenvalue weighted by atomic mass is 16.5. The third kappa shape index (κ3) is 6.10. The zero-order chi connectivity index (χ0) is 17.0. The van der Waals surface area contributed by atoms with Gasteiger partial charge in [-0.25, -0.2) is 0 Å². The third-order valence-corrected chi connectivity index (χ3v) is 4.48. The largest absolute Gasteiger partial charge is 0.367 e. The minimum atomic E-state index is 0.00631. The molecule has 0 spiro atoms. The molecule has 2 heteroatoms. The minimum Gasteiger partial charge on any atom is -0.367 e. The molecule has 0 aliphatic rings. The van der Waals surface area contributed by atoms with Gasteiger partial charge in [-0.1, -0.05) is 87.4 Å². The van der Waals surface area contributed by atoms with E-state index in [4.69, 9.17) is 4.74 Å². The predicted octanol–water partition coefficient (Wildman–Crippen LogP) is 5.21. The second-order valence-electron chi connectivity index (χ2n) is 6.34. The van der Waals surface area contributed by atoms with Crippen LogP contribution in [0.15, 0.2) is 60.7 Å². The van der Waals surface area contributed by atoms with Gasteiger partial charge >= 0.3 is 0 Å². The summed E-state index contributed by atoms with van der Waals surface area (Å²) in [4.78, 5) is 0. The van der Waals surface area contributed by atoms with Crippen molar-refractivity contribution in [3.05, 3.63) is 71.8 Å². The van der Waals surface area contributed by atoms with Gasteiger partial charge in [0.2, 0.25) is 0 Å². The smallest absolute Gasteiger partial charge is 0.108 e. The molecule has 2 rings (SSSR count). The second kappa shape index (κ2) is 11.0. The molecular weight excluding hydrogens is 294 g/mol. The van der Waals surface area contributed by atoms with Crippen molar-refractivity contribution < 1.29 is 4.74 Å². The Morgan fingerprint density at radius 2 is 1.46 bits per heavy atom. The van der Waals surface area contributed by atoms with Crippen LogP contribution in [-0.4, -0.2) is 19.7 Å². The van der Waals surface area contributed by atoms with E-state index >= 15 is 0 Å². The zero-order valence-electron chi connectivity index (χ0n) is 15.1. The van der Waals surface area contributed by atoms with E-state index in [0.717, 1.165) is 25.6 Å². The number of hydrogen-bond acceptors (Lipinski definition) is 2. The third-order valence-electron chi connectivity index (χ3n) is 4.48. The summed E-state index contributed by atoms with van der Waals surface area (Å²) < 4.78 is 6.23. The Kier molecular flexibility index (Phi) is 8.58. The van der Waals surface area contributed by atoms with Gasteiger partial charge < -0.3 is 10.1 Å². The standard InChI is InChI=1S/C22H31NO/c1-3-11-19(4-2)18-23-16-17-24-22(20-12-7-5-8-13-20)21-14-9-6-10-15-21/h5-10,12-15,19,22-23H,3-4,11,16-18H2,1-2H3. The summed E-state index contributed by atoms with van der Waals surface area (Å²) in [5.41, 5.74) is 2.42. The van der Waals surface area contributed by atoms with Gasteiger partial charge in [0.05, 0.1) is 6.61 Å². The number of benzene rings is 2. The van der Waals surface area contributed by atoms with Crippen LogP contribution in [0.4, 0.5) is 0 Å². The maximum Gasteiger partial charge on any atom is 0.108 e. The van der Waals surface area contributed by atoms with E-state index in [9.17, 15) is 0 Å². The van der Waals surface area contributed by atoms with Gasteiger partial charge in [-0.15, -0.1) is 0 Å². The summed E-state index contributed by atoms with van der Waals surface area (Å²) in [6.07, 6.45) is 3.83. The van der Waals surface area contributed by atoms with Gasteiger partial charge in [-0.05, 0) is 30.0 Å². The summed E-state index contributed by atoms with van der Waals surface area (Å²) in [5, 5.41) is 3.55. The minimum absolute atomic E-state index is 0.00631. The SMILES string of the molecule is CCCC(CC)CNCCOC(c1ccccc1)c1ccccc1. The van der Waals surface area contributed by atoms with E-state index in [0.29, 0.717) is 0 Å². The second-order valence-corrected chi connectivity index (χ2v) is 6.34. The van der Waals surface area contributed by atoms with Gasteiger partial charge in [0.15, 0.2) is 0 Å². The molecule has 0 aliphatic carbocycles. The molecule has 0 heterocycles. The Morgan fingerprint density at radius 3 is 1.96 bits per heavy atom.